The monoisotopic (exact) mass is 617 g/mol. The molecule has 0 bridgehead atoms. The van der Waals surface area contributed by atoms with E-state index >= 15 is 0 Å². The molecule has 3 heteroatoms. The fourth-order valence-corrected chi connectivity index (χ4v) is 8.44. The third-order valence-corrected chi connectivity index (χ3v) is 10.6. The molecule has 0 atom stereocenters. The zero-order valence-corrected chi connectivity index (χ0v) is 26.2. The van der Waals surface area contributed by atoms with E-state index in [2.05, 4.69) is 162 Å². The largest absolute Gasteiger partial charge is 0.455 e. The molecule has 0 aliphatic carbocycles. The Morgan fingerprint density at radius 1 is 0.447 bits per heavy atom. The average molecular weight is 618 g/mol. The maximum absolute atomic E-state index is 6.48. The molecule has 2 nitrogen and oxygen atoms in total. The zero-order chi connectivity index (χ0) is 30.9. The van der Waals surface area contributed by atoms with E-state index in [0.717, 1.165) is 33.1 Å². The Kier molecular flexibility index (Phi) is 5.78. The summed E-state index contributed by atoms with van der Waals surface area (Å²) >= 11 is 1.89. The first-order valence-corrected chi connectivity index (χ1v) is 16.7. The Bertz CT molecular complexity index is 2770. The summed E-state index contributed by atoms with van der Waals surface area (Å²) in [6.07, 6.45) is 0. The molecular formula is C44H27NOS. The van der Waals surface area contributed by atoms with E-state index in [-0.39, 0.29) is 0 Å². The molecule has 0 saturated carbocycles. The van der Waals surface area contributed by atoms with Gasteiger partial charge >= 0.3 is 0 Å². The lowest BCUT2D eigenvalue weighted by atomic mass is 9.94. The van der Waals surface area contributed by atoms with Crippen LogP contribution in [0.4, 0.5) is 0 Å². The van der Waals surface area contributed by atoms with E-state index in [1.54, 1.807) is 0 Å². The first-order valence-electron chi connectivity index (χ1n) is 15.9. The van der Waals surface area contributed by atoms with Crippen molar-refractivity contribution in [3.8, 4) is 39.1 Å². The Morgan fingerprint density at radius 2 is 1.11 bits per heavy atom. The number of fused-ring (bicyclic) bond motifs is 8. The second-order valence-electron chi connectivity index (χ2n) is 12.1. The minimum Gasteiger partial charge on any atom is -0.455 e. The number of aromatic nitrogens is 1. The number of rotatable bonds is 4. The van der Waals surface area contributed by atoms with Gasteiger partial charge in [-0.15, -0.1) is 11.3 Å². The molecule has 0 amide bonds. The van der Waals surface area contributed by atoms with Crippen LogP contribution in [0.5, 0.6) is 0 Å². The van der Waals surface area contributed by atoms with Crippen LogP contribution in [0.15, 0.2) is 168 Å². The van der Waals surface area contributed by atoms with Crippen LogP contribution in [0.1, 0.15) is 0 Å². The topological polar surface area (TPSA) is 18.1 Å². The van der Waals surface area contributed by atoms with Gasteiger partial charge in [0.2, 0.25) is 0 Å². The molecule has 0 unspecified atom stereocenters. The van der Waals surface area contributed by atoms with Gasteiger partial charge < -0.3 is 8.98 Å². The van der Waals surface area contributed by atoms with Gasteiger partial charge in [-0.3, -0.25) is 0 Å². The molecule has 0 spiro atoms. The van der Waals surface area contributed by atoms with E-state index in [9.17, 15) is 0 Å². The summed E-state index contributed by atoms with van der Waals surface area (Å²) in [5, 5.41) is 4.87. The van der Waals surface area contributed by atoms with Crippen LogP contribution in [-0.4, -0.2) is 4.57 Å². The summed E-state index contributed by atoms with van der Waals surface area (Å²) in [4.78, 5) is 0. The van der Waals surface area contributed by atoms with Gasteiger partial charge in [0, 0.05) is 37.5 Å². The molecule has 3 aromatic heterocycles. The molecule has 10 aromatic rings. The summed E-state index contributed by atoms with van der Waals surface area (Å²) in [6.45, 7) is 0. The van der Waals surface area contributed by atoms with Crippen LogP contribution in [0.25, 0.3) is 92.2 Å². The molecule has 220 valence electrons. The standard InChI is InChI=1S/C44H27NOS/c1-3-11-28(12-4-1)32-25-37(43-38(26-32)34-15-8-10-18-40(34)46-43)30-21-19-29(20-22-30)31-23-24-36-41(27-31)47-44-35-16-7-9-17-39(35)45(42(36)44)33-13-5-2-6-14-33/h1-27H. The van der Waals surface area contributed by atoms with Crippen LogP contribution in [0, 0.1) is 0 Å². The van der Waals surface area contributed by atoms with Crippen molar-refractivity contribution in [2.24, 2.45) is 0 Å². The van der Waals surface area contributed by atoms with E-state index in [1.165, 1.54) is 59.1 Å². The highest BCUT2D eigenvalue weighted by atomic mass is 32.1. The number of nitrogens with zero attached hydrogens (tertiary/aromatic N) is 1. The lowest BCUT2D eigenvalue weighted by molar-refractivity contribution is 0.670. The highest BCUT2D eigenvalue weighted by molar-refractivity contribution is 7.26. The summed E-state index contributed by atoms with van der Waals surface area (Å²) in [6, 6.07) is 58.8. The fraction of sp³-hybridized carbons (Fsp3) is 0. The lowest BCUT2D eigenvalue weighted by Gasteiger charge is -2.10. The molecule has 0 N–H and O–H groups in total. The average Bonchev–Trinajstić information content (AvgIpc) is 3.80. The molecule has 47 heavy (non-hydrogen) atoms. The SMILES string of the molecule is c1ccc(-c2cc(-c3ccc(-c4ccc5c(c4)sc4c6ccccc6n(-c6ccccc6)c54)cc3)c3oc4ccccc4c3c2)cc1. The van der Waals surface area contributed by atoms with E-state index in [4.69, 9.17) is 4.42 Å². The van der Waals surface area contributed by atoms with Crippen LogP contribution in [0.3, 0.4) is 0 Å². The van der Waals surface area contributed by atoms with Gasteiger partial charge in [-0.1, -0.05) is 121 Å². The minimum absolute atomic E-state index is 0.912. The number of furan rings is 1. The second-order valence-corrected chi connectivity index (χ2v) is 13.2. The maximum atomic E-state index is 6.48. The van der Waals surface area contributed by atoms with Crippen molar-refractivity contribution >= 4 is 64.5 Å². The lowest BCUT2D eigenvalue weighted by Crippen LogP contribution is -1.92. The summed E-state index contributed by atoms with van der Waals surface area (Å²) < 4.78 is 11.5. The fourth-order valence-electron chi connectivity index (χ4n) is 7.17. The van der Waals surface area contributed by atoms with Crippen LogP contribution in [0.2, 0.25) is 0 Å². The number of thiophene rings is 1. The molecule has 0 radical (unpaired) electrons. The van der Waals surface area contributed by atoms with Crippen molar-refractivity contribution in [3.05, 3.63) is 164 Å². The quantitative estimate of drug-likeness (QED) is 0.192. The predicted octanol–water partition coefficient (Wildman–Crippen LogP) is 12.9. The highest BCUT2D eigenvalue weighted by Crippen LogP contribution is 2.44. The third-order valence-electron chi connectivity index (χ3n) is 9.41. The Morgan fingerprint density at radius 3 is 1.94 bits per heavy atom. The maximum Gasteiger partial charge on any atom is 0.143 e. The minimum atomic E-state index is 0.912. The van der Waals surface area contributed by atoms with Gasteiger partial charge in [0.05, 0.1) is 15.7 Å². The van der Waals surface area contributed by atoms with Crippen LogP contribution >= 0.6 is 11.3 Å². The first kappa shape index (κ1) is 26.3. The molecule has 10 rings (SSSR count). The van der Waals surface area contributed by atoms with Gasteiger partial charge in [0.15, 0.2) is 0 Å². The Balaban J connectivity index is 1.10. The Labute approximate surface area is 275 Å². The Hall–Kier alpha value is -5.90. The summed E-state index contributed by atoms with van der Waals surface area (Å²) in [5.74, 6) is 0. The van der Waals surface area contributed by atoms with Crippen molar-refractivity contribution in [1.82, 2.24) is 4.57 Å². The van der Waals surface area contributed by atoms with Gasteiger partial charge in [-0.25, -0.2) is 0 Å². The number of hydrogen-bond donors (Lipinski definition) is 0. The molecular weight excluding hydrogens is 591 g/mol. The zero-order valence-electron chi connectivity index (χ0n) is 25.4. The van der Waals surface area contributed by atoms with E-state index in [1.807, 2.05) is 17.4 Å². The van der Waals surface area contributed by atoms with Crippen molar-refractivity contribution in [1.29, 1.82) is 0 Å². The normalized spacial score (nSPS) is 11.8. The summed E-state index contributed by atoms with van der Waals surface area (Å²) in [7, 11) is 0. The molecule has 0 saturated heterocycles. The third kappa shape index (κ3) is 4.10. The molecule has 0 aliphatic rings. The molecule has 3 heterocycles. The highest BCUT2D eigenvalue weighted by Gasteiger charge is 2.19. The van der Waals surface area contributed by atoms with Crippen molar-refractivity contribution in [2.75, 3.05) is 0 Å². The van der Waals surface area contributed by atoms with Crippen LogP contribution < -0.4 is 0 Å². The molecule has 0 aliphatic heterocycles. The molecule has 0 fully saturated rings. The van der Waals surface area contributed by atoms with Gasteiger partial charge in [0.25, 0.3) is 0 Å². The summed E-state index contributed by atoms with van der Waals surface area (Å²) in [5.41, 5.74) is 12.6. The van der Waals surface area contributed by atoms with Crippen molar-refractivity contribution < 1.29 is 4.42 Å². The van der Waals surface area contributed by atoms with E-state index < -0.39 is 0 Å². The molecule has 7 aromatic carbocycles. The van der Waals surface area contributed by atoms with E-state index in [0.29, 0.717) is 0 Å². The smallest absolute Gasteiger partial charge is 0.143 e. The van der Waals surface area contributed by atoms with Gasteiger partial charge in [-0.05, 0) is 70.3 Å². The van der Waals surface area contributed by atoms with Gasteiger partial charge in [-0.2, -0.15) is 0 Å². The number of hydrogen-bond acceptors (Lipinski definition) is 2. The van der Waals surface area contributed by atoms with Crippen LogP contribution in [-0.2, 0) is 0 Å². The predicted molar refractivity (Wildman–Crippen MR) is 200 cm³/mol. The van der Waals surface area contributed by atoms with Gasteiger partial charge in [0.1, 0.15) is 11.2 Å². The first-order chi connectivity index (χ1) is 23.3. The number of benzene rings is 7. The van der Waals surface area contributed by atoms with Crippen molar-refractivity contribution in [3.63, 3.8) is 0 Å². The second kappa shape index (κ2) is 10.3. The van der Waals surface area contributed by atoms with Crippen molar-refractivity contribution in [2.45, 2.75) is 0 Å². The number of para-hydroxylation sites is 3.